The van der Waals surface area contributed by atoms with Gasteiger partial charge in [0, 0.05) is 34.5 Å². The lowest BCUT2D eigenvalue weighted by Crippen LogP contribution is -2.46. The highest BCUT2D eigenvalue weighted by Gasteiger charge is 2.57. The number of carbonyl (C=O) groups excluding carboxylic acids is 2. The summed E-state index contributed by atoms with van der Waals surface area (Å²) in [6, 6.07) is 23.8. The summed E-state index contributed by atoms with van der Waals surface area (Å²) < 4.78 is 0.173. The number of ketones is 1. The molecule has 4 aromatic rings. The Hall–Kier alpha value is -4.56. The number of benzene rings is 3. The smallest absolute Gasteiger partial charge is 0.258 e. The Labute approximate surface area is 210 Å². The minimum absolute atomic E-state index is 0.0982. The van der Waals surface area contributed by atoms with Crippen molar-refractivity contribution in [1.29, 1.82) is 0 Å². The first-order valence-electron chi connectivity index (χ1n) is 11.5. The van der Waals surface area contributed by atoms with Crippen LogP contribution >= 0.6 is 12.2 Å². The van der Waals surface area contributed by atoms with E-state index >= 15 is 0 Å². The molecule has 1 aromatic heterocycles. The highest BCUT2D eigenvalue weighted by molar-refractivity contribution is 7.71. The summed E-state index contributed by atoms with van der Waals surface area (Å²) in [7, 11) is 0. The molecule has 1 aliphatic carbocycles. The predicted octanol–water partition coefficient (Wildman–Crippen LogP) is 4.41. The molecule has 0 radical (unpaired) electrons. The standard InChI is InChI=1S/C28H18N4O3S/c33-23-17-11-5-4-10-16(17)22-20(23)28(21-24(29-22)30-27(36)31-25(21)34)14-32(19-13-7-6-12-18(19)28)26(35)15-8-2-1-3-9-15/h1-13H,14H2,(H3,29,30,31,34,36). The van der Waals surface area contributed by atoms with Crippen molar-refractivity contribution in [2.75, 3.05) is 16.8 Å². The van der Waals surface area contributed by atoms with Crippen LogP contribution in [0.25, 0.3) is 5.70 Å². The molecule has 3 aromatic carbocycles. The molecule has 3 heterocycles. The number of anilines is 2. The Bertz CT molecular complexity index is 1790. The quantitative estimate of drug-likeness (QED) is 0.344. The zero-order valence-corrected chi connectivity index (χ0v) is 19.6. The number of hydrogen-bond donors (Lipinski definition) is 3. The van der Waals surface area contributed by atoms with Gasteiger partial charge in [0.1, 0.15) is 5.82 Å². The molecule has 1 atom stereocenters. The minimum atomic E-state index is -1.19. The van der Waals surface area contributed by atoms with E-state index in [-0.39, 0.29) is 23.0 Å². The number of hydrogen-bond acceptors (Lipinski definition) is 5. The van der Waals surface area contributed by atoms with Gasteiger partial charge in [0.2, 0.25) is 0 Å². The Kier molecular flexibility index (Phi) is 4.17. The lowest BCUT2D eigenvalue weighted by atomic mass is 9.68. The van der Waals surface area contributed by atoms with Gasteiger partial charge in [-0.2, -0.15) is 0 Å². The fourth-order valence-corrected chi connectivity index (χ4v) is 6.07. The first-order chi connectivity index (χ1) is 17.5. The summed E-state index contributed by atoms with van der Waals surface area (Å²) in [5, 5.41) is 3.30. The van der Waals surface area contributed by atoms with Crippen molar-refractivity contribution in [3.8, 4) is 0 Å². The molecule has 0 saturated heterocycles. The number of carbonyl (C=O) groups is 2. The van der Waals surface area contributed by atoms with Crippen molar-refractivity contribution < 1.29 is 9.59 Å². The molecular formula is C28H18N4O3S. The van der Waals surface area contributed by atoms with Gasteiger partial charge in [-0.1, -0.05) is 60.7 Å². The number of H-pyrrole nitrogens is 2. The van der Waals surface area contributed by atoms with E-state index in [1.807, 2.05) is 60.7 Å². The summed E-state index contributed by atoms with van der Waals surface area (Å²) >= 11 is 5.28. The number of aromatic nitrogens is 2. The maximum absolute atomic E-state index is 14.0. The number of amides is 1. The molecule has 7 nitrogen and oxygen atoms in total. The molecule has 174 valence electrons. The molecule has 36 heavy (non-hydrogen) atoms. The second-order valence-corrected chi connectivity index (χ2v) is 9.50. The first-order valence-corrected chi connectivity index (χ1v) is 11.9. The van der Waals surface area contributed by atoms with Gasteiger partial charge in [-0.15, -0.1) is 0 Å². The van der Waals surface area contributed by atoms with Crippen LogP contribution in [0.2, 0.25) is 0 Å². The van der Waals surface area contributed by atoms with Gasteiger partial charge in [0.15, 0.2) is 10.6 Å². The van der Waals surface area contributed by atoms with Gasteiger partial charge in [0.25, 0.3) is 11.5 Å². The van der Waals surface area contributed by atoms with Crippen LogP contribution in [0.4, 0.5) is 11.5 Å². The van der Waals surface area contributed by atoms with Gasteiger partial charge < -0.3 is 15.2 Å². The molecule has 1 amide bonds. The third kappa shape index (κ3) is 2.56. The second-order valence-electron chi connectivity index (χ2n) is 9.09. The number of nitrogens with one attached hydrogen (secondary N) is 3. The largest absolute Gasteiger partial charge is 0.340 e. The van der Waals surface area contributed by atoms with Crippen LogP contribution in [0.1, 0.15) is 37.4 Å². The fourth-order valence-electron chi connectivity index (χ4n) is 5.88. The van der Waals surface area contributed by atoms with Gasteiger partial charge in [-0.05, 0) is 36.0 Å². The van der Waals surface area contributed by atoms with E-state index in [2.05, 4.69) is 15.3 Å². The zero-order chi connectivity index (χ0) is 24.6. The molecular weight excluding hydrogens is 472 g/mol. The second kappa shape index (κ2) is 7.22. The number of rotatable bonds is 1. The summed E-state index contributed by atoms with van der Waals surface area (Å²) in [5.74, 6) is 0.0608. The van der Waals surface area contributed by atoms with Crippen molar-refractivity contribution in [3.05, 3.63) is 127 Å². The van der Waals surface area contributed by atoms with E-state index in [0.717, 1.165) is 11.1 Å². The number of Topliss-reactive ketones (excluding diaryl/α,β-unsaturated/α-hetero) is 1. The molecule has 0 saturated carbocycles. The SMILES string of the molecule is O=C1C2=C(Nc3[nH]c(=S)[nH]c(=O)c3C23CN(C(=O)c2ccccc2)c2ccccc23)c2ccccc21. The van der Waals surface area contributed by atoms with E-state index in [0.29, 0.717) is 39.5 Å². The summed E-state index contributed by atoms with van der Waals surface area (Å²) in [4.78, 5) is 48.8. The summed E-state index contributed by atoms with van der Waals surface area (Å²) in [6.07, 6.45) is 0. The first kappa shape index (κ1) is 20.8. The minimum Gasteiger partial charge on any atom is -0.340 e. The maximum Gasteiger partial charge on any atom is 0.258 e. The normalized spacial score (nSPS) is 19.0. The Morgan fingerprint density at radius 3 is 2.36 bits per heavy atom. The number of nitrogens with zero attached hydrogens (tertiary/aromatic N) is 1. The van der Waals surface area contributed by atoms with E-state index < -0.39 is 11.0 Å². The van der Waals surface area contributed by atoms with Crippen LogP contribution in [0.15, 0.2) is 89.2 Å². The Morgan fingerprint density at radius 1 is 0.861 bits per heavy atom. The van der Waals surface area contributed by atoms with E-state index in [4.69, 9.17) is 12.2 Å². The number of aromatic amines is 2. The monoisotopic (exact) mass is 490 g/mol. The molecule has 1 spiro atoms. The molecule has 8 heteroatoms. The van der Waals surface area contributed by atoms with Crippen LogP contribution < -0.4 is 15.8 Å². The summed E-state index contributed by atoms with van der Waals surface area (Å²) in [6.45, 7) is 0.0982. The van der Waals surface area contributed by atoms with Crippen LogP contribution in [0.5, 0.6) is 0 Å². The molecule has 3 N–H and O–H groups in total. The van der Waals surface area contributed by atoms with Crippen molar-refractivity contribution in [2.24, 2.45) is 0 Å². The van der Waals surface area contributed by atoms with Crippen LogP contribution in [0.3, 0.4) is 0 Å². The van der Waals surface area contributed by atoms with Crippen LogP contribution in [-0.2, 0) is 5.41 Å². The maximum atomic E-state index is 14.0. The molecule has 1 unspecified atom stereocenters. The van der Waals surface area contributed by atoms with Crippen molar-refractivity contribution >= 4 is 41.1 Å². The van der Waals surface area contributed by atoms with E-state index in [9.17, 15) is 14.4 Å². The molecule has 0 fully saturated rings. The Balaban J connectivity index is 1.56. The highest BCUT2D eigenvalue weighted by atomic mass is 32.1. The summed E-state index contributed by atoms with van der Waals surface area (Å²) in [5.41, 5.74) is 3.06. The third-order valence-electron chi connectivity index (χ3n) is 7.28. The fraction of sp³-hybridized carbons (Fsp3) is 0.0714. The van der Waals surface area contributed by atoms with Crippen molar-refractivity contribution in [2.45, 2.75) is 5.41 Å². The average Bonchev–Trinajstić information content (AvgIpc) is 3.37. The lowest BCUT2D eigenvalue weighted by molar-refractivity contribution is 0.0978. The van der Waals surface area contributed by atoms with Gasteiger partial charge in [-0.25, -0.2) is 0 Å². The predicted molar refractivity (Wildman–Crippen MR) is 139 cm³/mol. The van der Waals surface area contributed by atoms with Gasteiger partial charge >= 0.3 is 0 Å². The lowest BCUT2D eigenvalue weighted by Gasteiger charge is -2.36. The topological polar surface area (TPSA) is 98.1 Å². The van der Waals surface area contributed by atoms with Gasteiger partial charge in [0.05, 0.1) is 16.7 Å². The zero-order valence-electron chi connectivity index (χ0n) is 18.8. The average molecular weight is 491 g/mol. The molecule has 0 bridgehead atoms. The van der Waals surface area contributed by atoms with Crippen molar-refractivity contribution in [3.63, 3.8) is 0 Å². The number of fused-ring (bicyclic) bond motifs is 7. The van der Waals surface area contributed by atoms with E-state index in [1.165, 1.54) is 0 Å². The van der Waals surface area contributed by atoms with Crippen molar-refractivity contribution in [1.82, 2.24) is 9.97 Å². The number of para-hydroxylation sites is 1. The molecule has 3 aliphatic rings. The molecule has 2 aliphatic heterocycles. The van der Waals surface area contributed by atoms with Gasteiger partial charge in [-0.3, -0.25) is 19.4 Å². The molecule has 7 rings (SSSR count). The van der Waals surface area contributed by atoms with E-state index in [1.54, 1.807) is 23.1 Å². The third-order valence-corrected chi connectivity index (χ3v) is 7.48. The highest BCUT2D eigenvalue weighted by Crippen LogP contribution is 2.57. The van der Waals surface area contributed by atoms with Crippen LogP contribution in [0, 0.1) is 4.77 Å². The van der Waals surface area contributed by atoms with Crippen LogP contribution in [-0.4, -0.2) is 28.2 Å². The Morgan fingerprint density at radius 2 is 1.56 bits per heavy atom.